The Morgan fingerprint density at radius 2 is 1.55 bits per heavy atom. The largest absolute Gasteiger partial charge is 0.279 e. The molecule has 0 saturated heterocycles. The summed E-state index contributed by atoms with van der Waals surface area (Å²) in [6.45, 7) is 5.88. The summed E-state index contributed by atoms with van der Waals surface area (Å²) in [4.78, 5) is -0.101. The summed E-state index contributed by atoms with van der Waals surface area (Å²) in [5.41, 5.74) is 2.35. The van der Waals surface area contributed by atoms with Gasteiger partial charge in [0, 0.05) is 0 Å². The van der Waals surface area contributed by atoms with E-state index in [1.54, 1.807) is 6.07 Å². The van der Waals surface area contributed by atoms with E-state index in [4.69, 9.17) is 23.2 Å². The second-order valence-electron chi connectivity index (χ2n) is 5.35. The fourth-order valence-electron chi connectivity index (χ4n) is 2.24. The van der Waals surface area contributed by atoms with Crippen LogP contribution < -0.4 is 4.72 Å². The molecule has 0 heterocycles. The van der Waals surface area contributed by atoms with Crippen molar-refractivity contribution in [2.45, 2.75) is 31.6 Å². The number of aryl methyl sites for hydroxylation is 1. The van der Waals surface area contributed by atoms with Gasteiger partial charge in [0.15, 0.2) is 0 Å². The Labute approximate surface area is 141 Å². The predicted octanol–water partition coefficient (Wildman–Crippen LogP) is 5.23. The van der Waals surface area contributed by atoms with Crippen LogP contribution in [0.5, 0.6) is 0 Å². The van der Waals surface area contributed by atoms with Crippen LogP contribution in [0.4, 0.5) is 5.69 Å². The quantitative estimate of drug-likeness (QED) is 0.814. The second-order valence-corrected chi connectivity index (χ2v) is 7.78. The van der Waals surface area contributed by atoms with Gasteiger partial charge in [0.05, 0.1) is 15.7 Å². The highest BCUT2D eigenvalue weighted by Gasteiger charge is 2.23. The minimum absolute atomic E-state index is 0.0969. The average molecular weight is 358 g/mol. The Bertz CT molecular complexity index is 782. The first-order valence-electron chi connectivity index (χ1n) is 6.80. The van der Waals surface area contributed by atoms with E-state index in [0.29, 0.717) is 5.69 Å². The number of rotatable bonds is 4. The van der Waals surface area contributed by atoms with Crippen molar-refractivity contribution in [1.82, 2.24) is 0 Å². The van der Waals surface area contributed by atoms with E-state index in [1.807, 2.05) is 39.0 Å². The van der Waals surface area contributed by atoms with Crippen molar-refractivity contribution >= 4 is 38.9 Å². The minimum Gasteiger partial charge on any atom is -0.279 e. The molecule has 0 radical (unpaired) electrons. The topological polar surface area (TPSA) is 46.2 Å². The van der Waals surface area contributed by atoms with Crippen LogP contribution in [0.2, 0.25) is 10.0 Å². The van der Waals surface area contributed by atoms with E-state index in [9.17, 15) is 8.42 Å². The van der Waals surface area contributed by atoms with Gasteiger partial charge >= 0.3 is 0 Å². The third kappa shape index (κ3) is 3.40. The van der Waals surface area contributed by atoms with Gasteiger partial charge in [-0.2, -0.15) is 0 Å². The van der Waals surface area contributed by atoms with E-state index in [1.165, 1.54) is 12.1 Å². The molecule has 2 aromatic carbocycles. The number of hydrogen-bond donors (Lipinski definition) is 1. The van der Waals surface area contributed by atoms with E-state index < -0.39 is 10.0 Å². The highest BCUT2D eigenvalue weighted by atomic mass is 35.5. The number of hydrogen-bond acceptors (Lipinski definition) is 2. The van der Waals surface area contributed by atoms with E-state index >= 15 is 0 Å². The zero-order valence-electron chi connectivity index (χ0n) is 12.5. The van der Waals surface area contributed by atoms with Gasteiger partial charge in [-0.3, -0.25) is 4.72 Å². The minimum atomic E-state index is -3.87. The van der Waals surface area contributed by atoms with Gasteiger partial charge in [0.2, 0.25) is 0 Å². The van der Waals surface area contributed by atoms with Gasteiger partial charge in [-0.25, -0.2) is 8.42 Å². The molecule has 22 heavy (non-hydrogen) atoms. The monoisotopic (exact) mass is 357 g/mol. The molecule has 1 N–H and O–H groups in total. The maximum atomic E-state index is 12.7. The van der Waals surface area contributed by atoms with E-state index in [-0.39, 0.29) is 20.9 Å². The molecule has 3 nitrogen and oxygen atoms in total. The molecule has 0 fully saturated rings. The van der Waals surface area contributed by atoms with Gasteiger partial charge in [0.1, 0.15) is 4.90 Å². The van der Waals surface area contributed by atoms with Crippen LogP contribution in [0.25, 0.3) is 0 Å². The lowest BCUT2D eigenvalue weighted by molar-refractivity contribution is 0.601. The maximum absolute atomic E-state index is 12.7. The number of halogens is 2. The lowest BCUT2D eigenvalue weighted by Gasteiger charge is -2.18. The summed E-state index contributed by atoms with van der Waals surface area (Å²) in [7, 11) is -3.87. The van der Waals surface area contributed by atoms with Crippen molar-refractivity contribution in [2.24, 2.45) is 0 Å². The van der Waals surface area contributed by atoms with Gasteiger partial charge in [-0.05, 0) is 36.1 Å². The summed E-state index contributed by atoms with van der Waals surface area (Å²) < 4.78 is 28.0. The smallest absolute Gasteiger partial charge is 0.264 e. The average Bonchev–Trinajstić information content (AvgIpc) is 2.40. The molecule has 0 amide bonds. The van der Waals surface area contributed by atoms with Crippen LogP contribution in [-0.4, -0.2) is 8.42 Å². The Hall–Kier alpha value is -1.23. The molecule has 0 atom stereocenters. The molecule has 0 spiro atoms. The van der Waals surface area contributed by atoms with Gasteiger partial charge < -0.3 is 0 Å². The molecule has 0 aromatic heterocycles. The molecule has 0 unspecified atom stereocenters. The molecule has 6 heteroatoms. The highest BCUT2D eigenvalue weighted by Crippen LogP contribution is 2.33. The number of anilines is 1. The third-order valence-electron chi connectivity index (χ3n) is 3.35. The van der Waals surface area contributed by atoms with Crippen LogP contribution in [0.3, 0.4) is 0 Å². The molecule has 2 rings (SSSR count). The molecule has 0 aliphatic rings. The number of nitrogens with one attached hydrogen (secondary N) is 1. The van der Waals surface area contributed by atoms with Crippen molar-refractivity contribution in [1.29, 1.82) is 0 Å². The molecule has 0 aliphatic carbocycles. The number of benzene rings is 2. The Morgan fingerprint density at radius 1 is 1.00 bits per heavy atom. The summed E-state index contributed by atoms with van der Waals surface area (Å²) in [5.74, 6) is 0.180. The van der Waals surface area contributed by atoms with E-state index in [2.05, 4.69) is 4.72 Å². The van der Waals surface area contributed by atoms with Gasteiger partial charge in [-0.1, -0.05) is 61.3 Å². The standard InChI is InChI=1S/C16H17Cl2NO2S/c1-10(2)12-7-4-6-11(3)15(12)19-22(20,21)16-13(17)8-5-9-14(16)18/h4-10,19H,1-3H3. The number of sulfonamides is 1. The van der Waals surface area contributed by atoms with Crippen molar-refractivity contribution in [3.8, 4) is 0 Å². The maximum Gasteiger partial charge on any atom is 0.264 e. The molecular weight excluding hydrogens is 341 g/mol. The Morgan fingerprint density at radius 3 is 2.09 bits per heavy atom. The first-order valence-corrected chi connectivity index (χ1v) is 9.04. The van der Waals surface area contributed by atoms with Gasteiger partial charge in [-0.15, -0.1) is 0 Å². The lowest BCUT2D eigenvalue weighted by Crippen LogP contribution is -2.16. The molecular formula is C16H17Cl2NO2S. The third-order valence-corrected chi connectivity index (χ3v) is 5.66. The Balaban J connectivity index is 2.56. The highest BCUT2D eigenvalue weighted by molar-refractivity contribution is 7.93. The van der Waals surface area contributed by atoms with Crippen molar-refractivity contribution in [2.75, 3.05) is 4.72 Å². The summed E-state index contributed by atoms with van der Waals surface area (Å²) >= 11 is 12.0. The normalized spacial score (nSPS) is 11.7. The fourth-order valence-corrected chi connectivity index (χ4v) is 4.54. The van der Waals surface area contributed by atoms with Crippen molar-refractivity contribution in [3.05, 3.63) is 57.6 Å². The summed E-state index contributed by atoms with van der Waals surface area (Å²) in [5, 5.41) is 0.194. The van der Waals surface area contributed by atoms with Gasteiger partial charge in [0.25, 0.3) is 10.0 Å². The van der Waals surface area contributed by atoms with Crippen molar-refractivity contribution < 1.29 is 8.42 Å². The second kappa shape index (κ2) is 6.49. The van der Waals surface area contributed by atoms with E-state index in [0.717, 1.165) is 11.1 Å². The van der Waals surface area contributed by atoms with Crippen LogP contribution in [0, 0.1) is 6.92 Å². The lowest BCUT2D eigenvalue weighted by atomic mass is 9.99. The molecule has 2 aromatic rings. The van der Waals surface area contributed by atoms with Crippen molar-refractivity contribution in [3.63, 3.8) is 0 Å². The van der Waals surface area contributed by atoms with Crippen LogP contribution in [0.1, 0.15) is 30.9 Å². The number of para-hydroxylation sites is 1. The van der Waals surface area contributed by atoms with Crippen LogP contribution >= 0.6 is 23.2 Å². The zero-order valence-corrected chi connectivity index (χ0v) is 14.9. The van der Waals surface area contributed by atoms with Crippen LogP contribution in [0.15, 0.2) is 41.3 Å². The molecule has 0 saturated carbocycles. The van der Waals surface area contributed by atoms with Crippen LogP contribution in [-0.2, 0) is 10.0 Å². The summed E-state index contributed by atoms with van der Waals surface area (Å²) in [6, 6.07) is 10.3. The fraction of sp³-hybridized carbons (Fsp3) is 0.250. The SMILES string of the molecule is Cc1cccc(C(C)C)c1NS(=O)(=O)c1c(Cl)cccc1Cl. The molecule has 0 bridgehead atoms. The molecule has 0 aliphatic heterocycles. The Kier molecular flexibility index (Phi) is 5.05. The molecule has 118 valence electrons. The predicted molar refractivity (Wildman–Crippen MR) is 92.5 cm³/mol. The first-order chi connectivity index (χ1) is 10.2. The first kappa shape index (κ1) is 17.1. The zero-order chi connectivity index (χ0) is 16.5. The summed E-state index contributed by atoms with van der Waals surface area (Å²) in [6.07, 6.45) is 0.